The Bertz CT molecular complexity index is 1360. The molecule has 3 aromatic carbocycles. The number of amides is 1. The number of ketones is 1. The van der Waals surface area contributed by atoms with Crippen LogP contribution in [0.3, 0.4) is 0 Å². The van der Waals surface area contributed by atoms with Crippen molar-refractivity contribution < 1.29 is 32.2 Å². The molecule has 0 saturated carbocycles. The second kappa shape index (κ2) is 10.1. The Morgan fingerprint density at radius 1 is 0.973 bits per heavy atom. The molecule has 0 spiro atoms. The number of hydrogen-bond acceptors (Lipinski definition) is 5. The number of aliphatic imine (C=N–C) groups is 1. The fourth-order valence-corrected chi connectivity index (χ4v) is 4.20. The number of nitrogens with zero attached hydrogens (tertiary/aromatic N) is 1. The van der Waals surface area contributed by atoms with Crippen LogP contribution in [0.5, 0.6) is 11.5 Å². The third kappa shape index (κ3) is 6.55. The van der Waals surface area contributed by atoms with E-state index < -0.39 is 18.0 Å². The lowest BCUT2D eigenvalue weighted by atomic mass is 9.85. The van der Waals surface area contributed by atoms with Crippen LogP contribution in [-0.2, 0) is 6.42 Å². The van der Waals surface area contributed by atoms with E-state index in [2.05, 4.69) is 10.1 Å². The number of alkyl halides is 3. The van der Waals surface area contributed by atoms with Crippen LogP contribution >= 0.6 is 0 Å². The number of benzene rings is 3. The normalized spacial score (nSPS) is 14.3. The van der Waals surface area contributed by atoms with Gasteiger partial charge < -0.3 is 14.8 Å². The summed E-state index contributed by atoms with van der Waals surface area (Å²) in [7, 11) is 1.59. The van der Waals surface area contributed by atoms with Crippen molar-refractivity contribution in [1.82, 2.24) is 0 Å². The second-order valence-electron chi connectivity index (χ2n) is 9.28. The van der Waals surface area contributed by atoms with E-state index in [4.69, 9.17) is 9.73 Å². The van der Waals surface area contributed by atoms with Crippen molar-refractivity contribution in [3.63, 3.8) is 0 Å². The molecule has 1 aliphatic heterocycles. The summed E-state index contributed by atoms with van der Waals surface area (Å²) in [4.78, 5) is 30.4. The van der Waals surface area contributed by atoms with Crippen LogP contribution < -0.4 is 14.8 Å². The molecule has 1 aliphatic rings. The molecule has 6 nitrogen and oxygen atoms in total. The summed E-state index contributed by atoms with van der Waals surface area (Å²) in [6.45, 7) is 4.04. The number of rotatable bonds is 7. The van der Waals surface area contributed by atoms with Crippen molar-refractivity contribution in [3.8, 4) is 11.5 Å². The largest absolute Gasteiger partial charge is 0.573 e. The molecular weight excluding hydrogens is 485 g/mol. The molecule has 0 fully saturated rings. The van der Waals surface area contributed by atoms with Crippen molar-refractivity contribution in [1.29, 1.82) is 0 Å². The Balaban J connectivity index is 1.46. The number of carbonyl (C=O) groups is 2. The van der Waals surface area contributed by atoms with Crippen molar-refractivity contribution in [3.05, 3.63) is 89.0 Å². The van der Waals surface area contributed by atoms with Gasteiger partial charge in [0.2, 0.25) is 0 Å². The van der Waals surface area contributed by atoms with E-state index in [0.29, 0.717) is 22.7 Å². The molecule has 4 rings (SSSR count). The first kappa shape index (κ1) is 25.9. The molecule has 37 heavy (non-hydrogen) atoms. The van der Waals surface area contributed by atoms with Crippen LogP contribution in [0.4, 0.5) is 18.9 Å². The lowest BCUT2D eigenvalue weighted by Crippen LogP contribution is -2.30. The number of Topliss-reactive ketones (excluding diaryl/α,β-unsaturated/α-hetero) is 1. The Morgan fingerprint density at radius 3 is 2.38 bits per heavy atom. The SMILES string of the molecule is COc1ccc2c(c1)C(CC(=O)c1ccc(NC(=O)c3cccc(OC(F)(F)F)c3)cc1)=NC(C)(C)C2. The zero-order chi connectivity index (χ0) is 26.8. The van der Waals surface area contributed by atoms with Crippen LogP contribution in [0, 0.1) is 0 Å². The predicted octanol–water partition coefficient (Wildman–Crippen LogP) is 6.24. The Morgan fingerprint density at radius 2 is 1.70 bits per heavy atom. The summed E-state index contributed by atoms with van der Waals surface area (Å²) in [6.07, 6.45) is -4.00. The Labute approximate surface area is 212 Å². The van der Waals surface area contributed by atoms with Gasteiger partial charge in [-0.1, -0.05) is 12.1 Å². The highest BCUT2D eigenvalue weighted by Gasteiger charge is 2.31. The van der Waals surface area contributed by atoms with Gasteiger partial charge in [0, 0.05) is 22.4 Å². The molecule has 1 amide bonds. The third-order valence-corrected chi connectivity index (χ3v) is 5.81. The van der Waals surface area contributed by atoms with Crippen LogP contribution in [0.25, 0.3) is 0 Å². The van der Waals surface area contributed by atoms with E-state index in [1.165, 1.54) is 12.1 Å². The highest BCUT2D eigenvalue weighted by atomic mass is 19.4. The maximum Gasteiger partial charge on any atom is 0.573 e. The predicted molar refractivity (Wildman–Crippen MR) is 134 cm³/mol. The minimum Gasteiger partial charge on any atom is -0.497 e. The van der Waals surface area contributed by atoms with Crippen LogP contribution in [0.15, 0.2) is 71.7 Å². The maximum atomic E-state index is 13.1. The number of nitrogens with one attached hydrogen (secondary N) is 1. The summed E-state index contributed by atoms with van der Waals surface area (Å²) in [5.74, 6) is -0.556. The molecular formula is C28H25F3N2O4. The molecule has 0 radical (unpaired) electrons. The number of hydrogen-bond donors (Lipinski definition) is 1. The summed E-state index contributed by atoms with van der Waals surface area (Å²) in [5, 5.41) is 2.61. The number of anilines is 1. The summed E-state index contributed by atoms with van der Waals surface area (Å²) in [5.41, 5.74) is 3.17. The van der Waals surface area contributed by atoms with Crippen molar-refractivity contribution >= 4 is 23.1 Å². The first-order valence-corrected chi connectivity index (χ1v) is 11.5. The molecule has 3 aromatic rings. The van der Waals surface area contributed by atoms with Gasteiger partial charge in [-0.15, -0.1) is 13.2 Å². The van der Waals surface area contributed by atoms with Gasteiger partial charge in [0.1, 0.15) is 11.5 Å². The lowest BCUT2D eigenvalue weighted by Gasteiger charge is -2.29. The van der Waals surface area contributed by atoms with E-state index in [-0.39, 0.29) is 23.3 Å². The van der Waals surface area contributed by atoms with E-state index in [9.17, 15) is 22.8 Å². The van der Waals surface area contributed by atoms with Gasteiger partial charge >= 0.3 is 6.36 Å². The molecule has 0 aromatic heterocycles. The van der Waals surface area contributed by atoms with E-state index in [1.54, 1.807) is 31.4 Å². The quantitative estimate of drug-likeness (QED) is 0.382. The van der Waals surface area contributed by atoms with Gasteiger partial charge in [-0.2, -0.15) is 0 Å². The zero-order valence-corrected chi connectivity index (χ0v) is 20.5. The highest BCUT2D eigenvalue weighted by Crippen LogP contribution is 2.31. The molecule has 0 atom stereocenters. The number of carbonyl (C=O) groups excluding carboxylic acids is 2. The second-order valence-corrected chi connectivity index (χ2v) is 9.28. The molecule has 0 aliphatic carbocycles. The molecule has 0 unspecified atom stereocenters. The third-order valence-electron chi connectivity index (χ3n) is 5.81. The Hall–Kier alpha value is -4.14. The standard InChI is InChI=1S/C28H25F3N2O4/c1-27(2)16-19-9-12-21(36-3)14-23(19)24(33-27)15-25(34)17-7-10-20(11-8-17)32-26(35)18-5-4-6-22(13-18)37-28(29,30)31/h4-14H,15-16H2,1-3H3,(H,32,35). The Kier molecular flexibility index (Phi) is 7.07. The summed E-state index contributed by atoms with van der Waals surface area (Å²) in [6, 6.07) is 16.8. The van der Waals surface area contributed by atoms with Crippen molar-refractivity contribution in [2.45, 2.75) is 38.6 Å². The van der Waals surface area contributed by atoms with Crippen LogP contribution in [0.1, 0.15) is 52.1 Å². The van der Waals surface area contributed by atoms with Crippen molar-refractivity contribution in [2.24, 2.45) is 4.99 Å². The van der Waals surface area contributed by atoms with Gasteiger partial charge in [-0.3, -0.25) is 14.6 Å². The molecule has 1 N–H and O–H groups in total. The molecule has 0 bridgehead atoms. The minimum absolute atomic E-state index is 0.00563. The minimum atomic E-state index is -4.86. The maximum absolute atomic E-state index is 13.1. The number of methoxy groups -OCH3 is 1. The summed E-state index contributed by atoms with van der Waals surface area (Å²) < 4.78 is 46.6. The number of ether oxygens (including phenoxy) is 2. The van der Waals surface area contributed by atoms with Crippen molar-refractivity contribution in [2.75, 3.05) is 12.4 Å². The first-order chi connectivity index (χ1) is 17.4. The van der Waals surface area contributed by atoms with E-state index in [1.807, 2.05) is 32.0 Å². The average Bonchev–Trinajstić information content (AvgIpc) is 2.82. The van der Waals surface area contributed by atoms with Gasteiger partial charge in [0.15, 0.2) is 5.78 Å². The summed E-state index contributed by atoms with van der Waals surface area (Å²) >= 11 is 0. The number of fused-ring (bicyclic) bond motifs is 1. The highest BCUT2D eigenvalue weighted by molar-refractivity contribution is 6.17. The first-order valence-electron chi connectivity index (χ1n) is 11.5. The van der Waals surface area contributed by atoms with Crippen LogP contribution in [-0.4, -0.2) is 36.4 Å². The zero-order valence-electron chi connectivity index (χ0n) is 20.5. The fourth-order valence-electron chi connectivity index (χ4n) is 4.20. The molecule has 0 saturated heterocycles. The smallest absolute Gasteiger partial charge is 0.497 e. The molecule has 1 heterocycles. The van der Waals surface area contributed by atoms with Gasteiger partial charge in [0.25, 0.3) is 5.91 Å². The average molecular weight is 511 g/mol. The monoisotopic (exact) mass is 510 g/mol. The molecule has 9 heteroatoms. The van der Waals surface area contributed by atoms with E-state index >= 15 is 0 Å². The lowest BCUT2D eigenvalue weighted by molar-refractivity contribution is -0.274. The van der Waals surface area contributed by atoms with Gasteiger partial charge in [-0.05, 0) is 80.4 Å². The van der Waals surface area contributed by atoms with E-state index in [0.717, 1.165) is 29.7 Å². The molecule has 192 valence electrons. The van der Waals surface area contributed by atoms with Gasteiger partial charge in [-0.25, -0.2) is 0 Å². The topological polar surface area (TPSA) is 77.0 Å². The fraction of sp³-hybridized carbons (Fsp3) is 0.250. The number of halogens is 3. The van der Waals surface area contributed by atoms with Crippen LogP contribution in [0.2, 0.25) is 0 Å². The van der Waals surface area contributed by atoms with Gasteiger partial charge in [0.05, 0.1) is 24.8 Å².